The molecule has 1 aliphatic rings. The van der Waals surface area contributed by atoms with Crippen molar-refractivity contribution in [1.82, 2.24) is 5.32 Å². The second-order valence-corrected chi connectivity index (χ2v) is 5.47. The van der Waals surface area contributed by atoms with Gasteiger partial charge in [0.2, 0.25) is 0 Å². The van der Waals surface area contributed by atoms with Gasteiger partial charge in [-0.1, -0.05) is 32.6 Å². The van der Waals surface area contributed by atoms with E-state index in [9.17, 15) is 4.79 Å². The van der Waals surface area contributed by atoms with Crippen molar-refractivity contribution < 1.29 is 9.90 Å². The summed E-state index contributed by atoms with van der Waals surface area (Å²) >= 11 is 0. The molecule has 3 nitrogen and oxygen atoms in total. The van der Waals surface area contributed by atoms with E-state index in [0.29, 0.717) is 18.4 Å². The highest BCUT2D eigenvalue weighted by atomic mass is 16.4. The minimum Gasteiger partial charge on any atom is -0.481 e. The third kappa shape index (κ3) is 7.37. The number of hydrogen-bond acceptors (Lipinski definition) is 2. The zero-order chi connectivity index (χ0) is 12.5. The van der Waals surface area contributed by atoms with Crippen molar-refractivity contribution in [2.45, 2.75) is 70.8 Å². The first-order chi connectivity index (χ1) is 8.18. The van der Waals surface area contributed by atoms with E-state index in [4.69, 9.17) is 5.11 Å². The number of nitrogens with one attached hydrogen (secondary N) is 1. The van der Waals surface area contributed by atoms with Crippen LogP contribution in [0.25, 0.3) is 0 Å². The van der Waals surface area contributed by atoms with E-state index >= 15 is 0 Å². The largest absolute Gasteiger partial charge is 0.481 e. The summed E-state index contributed by atoms with van der Waals surface area (Å²) in [5, 5.41) is 12.2. The number of carbonyl (C=O) groups is 1. The molecule has 1 unspecified atom stereocenters. The molecule has 2 N–H and O–H groups in total. The standard InChI is InChI=1S/C14H27NO2/c1-12(8-9-14(16)17)10-11-15-13-6-4-2-3-5-7-13/h12-13,15H,2-11H2,1H3,(H,16,17). The Bertz CT molecular complexity index is 210. The highest BCUT2D eigenvalue weighted by molar-refractivity contribution is 5.66. The van der Waals surface area contributed by atoms with Gasteiger partial charge in [0.05, 0.1) is 0 Å². The van der Waals surface area contributed by atoms with Crippen LogP contribution >= 0.6 is 0 Å². The lowest BCUT2D eigenvalue weighted by Gasteiger charge is -2.17. The summed E-state index contributed by atoms with van der Waals surface area (Å²) in [7, 11) is 0. The first-order valence-electron chi connectivity index (χ1n) is 7.13. The van der Waals surface area contributed by atoms with Gasteiger partial charge < -0.3 is 10.4 Å². The third-order valence-corrected chi connectivity index (χ3v) is 3.78. The molecule has 1 rings (SSSR count). The van der Waals surface area contributed by atoms with Crippen molar-refractivity contribution in [3.05, 3.63) is 0 Å². The average Bonchev–Trinajstić information content (AvgIpc) is 2.55. The molecule has 0 aromatic carbocycles. The molecule has 0 aromatic heterocycles. The van der Waals surface area contributed by atoms with Crippen molar-refractivity contribution in [3.8, 4) is 0 Å². The molecular formula is C14H27NO2. The molecule has 1 aliphatic carbocycles. The van der Waals surface area contributed by atoms with Crippen molar-refractivity contribution in [3.63, 3.8) is 0 Å². The summed E-state index contributed by atoms with van der Waals surface area (Å²) in [4.78, 5) is 10.4. The molecule has 1 fully saturated rings. The first-order valence-corrected chi connectivity index (χ1v) is 7.13. The maximum Gasteiger partial charge on any atom is 0.303 e. The monoisotopic (exact) mass is 241 g/mol. The van der Waals surface area contributed by atoms with Crippen molar-refractivity contribution in [2.75, 3.05) is 6.54 Å². The van der Waals surface area contributed by atoms with E-state index in [0.717, 1.165) is 19.4 Å². The number of hydrogen-bond donors (Lipinski definition) is 2. The average molecular weight is 241 g/mol. The third-order valence-electron chi connectivity index (χ3n) is 3.78. The molecule has 1 saturated carbocycles. The fourth-order valence-electron chi connectivity index (χ4n) is 2.53. The fourth-order valence-corrected chi connectivity index (χ4v) is 2.53. The Kier molecular flexibility index (Phi) is 7.25. The SMILES string of the molecule is CC(CCNC1CCCCCC1)CCC(=O)O. The van der Waals surface area contributed by atoms with E-state index < -0.39 is 5.97 Å². The second-order valence-electron chi connectivity index (χ2n) is 5.47. The van der Waals surface area contributed by atoms with Crippen molar-refractivity contribution >= 4 is 5.97 Å². The number of carboxylic acids is 1. The molecule has 0 aromatic rings. The van der Waals surface area contributed by atoms with Crippen LogP contribution in [0.15, 0.2) is 0 Å². The van der Waals surface area contributed by atoms with E-state index in [-0.39, 0.29) is 0 Å². The predicted molar refractivity (Wildman–Crippen MR) is 70.1 cm³/mol. The molecule has 0 radical (unpaired) electrons. The van der Waals surface area contributed by atoms with Crippen LogP contribution in [0.2, 0.25) is 0 Å². The highest BCUT2D eigenvalue weighted by Crippen LogP contribution is 2.17. The topological polar surface area (TPSA) is 49.3 Å². The Morgan fingerprint density at radius 3 is 2.47 bits per heavy atom. The van der Waals surface area contributed by atoms with Gasteiger partial charge in [0.25, 0.3) is 0 Å². The van der Waals surface area contributed by atoms with Gasteiger partial charge in [-0.15, -0.1) is 0 Å². The van der Waals surface area contributed by atoms with Crippen LogP contribution in [0.4, 0.5) is 0 Å². The molecule has 0 heterocycles. The van der Waals surface area contributed by atoms with E-state index in [1.165, 1.54) is 38.5 Å². The number of aliphatic carboxylic acids is 1. The van der Waals surface area contributed by atoms with E-state index in [1.54, 1.807) is 0 Å². The maximum absolute atomic E-state index is 10.4. The van der Waals surface area contributed by atoms with Crippen LogP contribution in [-0.4, -0.2) is 23.7 Å². The lowest BCUT2D eigenvalue weighted by atomic mass is 10.0. The second kappa shape index (κ2) is 8.51. The fraction of sp³-hybridized carbons (Fsp3) is 0.929. The van der Waals surface area contributed by atoms with Crippen LogP contribution in [0, 0.1) is 5.92 Å². The van der Waals surface area contributed by atoms with Crippen LogP contribution < -0.4 is 5.32 Å². The summed E-state index contributed by atoms with van der Waals surface area (Å²) in [6.07, 6.45) is 10.4. The van der Waals surface area contributed by atoms with Crippen LogP contribution in [-0.2, 0) is 4.79 Å². The summed E-state index contributed by atoms with van der Waals surface area (Å²) < 4.78 is 0. The van der Waals surface area contributed by atoms with Crippen LogP contribution in [0.5, 0.6) is 0 Å². The van der Waals surface area contributed by atoms with Crippen LogP contribution in [0.3, 0.4) is 0 Å². The Labute approximate surface area is 105 Å². The van der Waals surface area contributed by atoms with Gasteiger partial charge >= 0.3 is 5.97 Å². The number of carboxylic acid groups (broad SMARTS) is 1. The number of rotatable bonds is 7. The molecular weight excluding hydrogens is 214 g/mol. The van der Waals surface area contributed by atoms with Gasteiger partial charge in [0.15, 0.2) is 0 Å². The van der Waals surface area contributed by atoms with E-state index in [2.05, 4.69) is 12.2 Å². The molecule has 1 atom stereocenters. The van der Waals surface area contributed by atoms with Gasteiger partial charge in [-0.2, -0.15) is 0 Å². The molecule has 3 heteroatoms. The Morgan fingerprint density at radius 2 is 1.88 bits per heavy atom. The quantitative estimate of drug-likeness (QED) is 0.673. The maximum atomic E-state index is 10.4. The van der Waals surface area contributed by atoms with Gasteiger partial charge in [0.1, 0.15) is 0 Å². The van der Waals surface area contributed by atoms with Crippen molar-refractivity contribution in [2.24, 2.45) is 5.92 Å². The van der Waals surface area contributed by atoms with Gasteiger partial charge in [-0.25, -0.2) is 0 Å². The smallest absolute Gasteiger partial charge is 0.303 e. The van der Waals surface area contributed by atoms with Gasteiger partial charge in [0, 0.05) is 12.5 Å². The highest BCUT2D eigenvalue weighted by Gasteiger charge is 2.12. The predicted octanol–water partition coefficient (Wildman–Crippen LogP) is 3.19. The molecule has 100 valence electrons. The summed E-state index contributed by atoms with van der Waals surface area (Å²) in [6.45, 7) is 3.20. The van der Waals surface area contributed by atoms with E-state index in [1.807, 2.05) is 0 Å². The first kappa shape index (κ1) is 14.5. The Hall–Kier alpha value is -0.570. The zero-order valence-corrected chi connectivity index (χ0v) is 11.1. The summed E-state index contributed by atoms with van der Waals surface area (Å²) in [6, 6.07) is 0.712. The summed E-state index contributed by atoms with van der Waals surface area (Å²) in [5.41, 5.74) is 0. The summed E-state index contributed by atoms with van der Waals surface area (Å²) in [5.74, 6) is -0.155. The minimum absolute atomic E-state index is 0.310. The zero-order valence-electron chi connectivity index (χ0n) is 11.1. The molecule has 0 aliphatic heterocycles. The normalized spacial score (nSPS) is 19.8. The Balaban J connectivity index is 2.03. The van der Waals surface area contributed by atoms with Gasteiger partial charge in [-0.05, 0) is 38.1 Å². The minimum atomic E-state index is -0.673. The van der Waals surface area contributed by atoms with Gasteiger partial charge in [-0.3, -0.25) is 4.79 Å². The molecule has 17 heavy (non-hydrogen) atoms. The molecule has 0 saturated heterocycles. The lowest BCUT2D eigenvalue weighted by Crippen LogP contribution is -2.30. The molecule has 0 spiro atoms. The van der Waals surface area contributed by atoms with Crippen molar-refractivity contribution in [1.29, 1.82) is 0 Å². The van der Waals surface area contributed by atoms with Crippen LogP contribution in [0.1, 0.15) is 64.7 Å². The Morgan fingerprint density at radius 1 is 1.24 bits per heavy atom. The molecule has 0 bridgehead atoms. The molecule has 0 amide bonds. The lowest BCUT2D eigenvalue weighted by molar-refractivity contribution is -0.137.